The number of hydrogen-bond acceptors (Lipinski definition) is 5. The Balaban J connectivity index is 2.21. The molecule has 1 N–H and O–H groups in total. The Morgan fingerprint density at radius 1 is 1.39 bits per heavy atom. The van der Waals surface area contributed by atoms with Crippen molar-refractivity contribution in [3.63, 3.8) is 0 Å². The van der Waals surface area contributed by atoms with Crippen molar-refractivity contribution in [3.8, 4) is 11.4 Å². The minimum atomic E-state index is -0.866. The van der Waals surface area contributed by atoms with Crippen molar-refractivity contribution in [2.24, 2.45) is 0 Å². The van der Waals surface area contributed by atoms with Gasteiger partial charge in [-0.3, -0.25) is 4.79 Å². The standard InChI is InChI=1S/C11H12N4O2S/c1-18-9-4-2-8(3-5-9)11-12-13-14-15(11)7-6-10(16)17/h2-5H,6-7H2,1H3,(H,16,17). The summed E-state index contributed by atoms with van der Waals surface area (Å²) in [6.45, 7) is 0.266. The van der Waals surface area contributed by atoms with Gasteiger partial charge in [0.15, 0.2) is 5.82 Å². The molecule has 18 heavy (non-hydrogen) atoms. The number of nitrogens with zero attached hydrogens (tertiary/aromatic N) is 4. The van der Waals surface area contributed by atoms with E-state index in [9.17, 15) is 4.79 Å². The van der Waals surface area contributed by atoms with Crippen molar-refractivity contribution in [1.82, 2.24) is 20.2 Å². The molecule has 1 heterocycles. The summed E-state index contributed by atoms with van der Waals surface area (Å²) in [6.07, 6.45) is 2.01. The van der Waals surface area contributed by atoms with E-state index in [0.717, 1.165) is 10.5 Å². The van der Waals surface area contributed by atoms with Gasteiger partial charge < -0.3 is 5.11 Å². The van der Waals surface area contributed by atoms with Crippen LogP contribution in [0.3, 0.4) is 0 Å². The summed E-state index contributed by atoms with van der Waals surface area (Å²) in [5.74, 6) is -0.280. The van der Waals surface area contributed by atoms with Gasteiger partial charge in [0.1, 0.15) is 0 Å². The average molecular weight is 264 g/mol. The van der Waals surface area contributed by atoms with Crippen LogP contribution in [0.15, 0.2) is 29.2 Å². The molecule has 94 valence electrons. The molecular weight excluding hydrogens is 252 g/mol. The van der Waals surface area contributed by atoms with Crippen LogP contribution in [0.4, 0.5) is 0 Å². The smallest absolute Gasteiger partial charge is 0.305 e. The Kier molecular flexibility index (Phi) is 3.93. The zero-order valence-corrected chi connectivity index (χ0v) is 10.6. The first kappa shape index (κ1) is 12.6. The molecule has 0 saturated carbocycles. The molecule has 0 unspecified atom stereocenters. The van der Waals surface area contributed by atoms with Crippen molar-refractivity contribution in [1.29, 1.82) is 0 Å². The molecule has 7 heteroatoms. The summed E-state index contributed by atoms with van der Waals surface area (Å²) in [6, 6.07) is 7.82. The van der Waals surface area contributed by atoms with Crippen molar-refractivity contribution >= 4 is 17.7 Å². The minimum Gasteiger partial charge on any atom is -0.481 e. The second-order valence-corrected chi connectivity index (χ2v) is 4.48. The monoisotopic (exact) mass is 264 g/mol. The predicted molar refractivity (Wildman–Crippen MR) is 67.3 cm³/mol. The van der Waals surface area contributed by atoms with E-state index in [0.29, 0.717) is 5.82 Å². The van der Waals surface area contributed by atoms with Gasteiger partial charge in [0.25, 0.3) is 0 Å². The maximum absolute atomic E-state index is 10.5. The SMILES string of the molecule is CSc1ccc(-c2nnnn2CCC(=O)O)cc1. The molecular formula is C11H12N4O2S. The van der Waals surface area contributed by atoms with E-state index in [4.69, 9.17) is 5.11 Å². The van der Waals surface area contributed by atoms with E-state index < -0.39 is 5.97 Å². The van der Waals surface area contributed by atoms with Crippen LogP contribution >= 0.6 is 11.8 Å². The largest absolute Gasteiger partial charge is 0.481 e. The average Bonchev–Trinajstić information content (AvgIpc) is 2.85. The molecule has 2 aromatic rings. The number of tetrazole rings is 1. The van der Waals surface area contributed by atoms with E-state index in [-0.39, 0.29) is 13.0 Å². The summed E-state index contributed by atoms with van der Waals surface area (Å²) < 4.78 is 1.50. The van der Waals surface area contributed by atoms with Crippen molar-refractivity contribution in [2.75, 3.05) is 6.26 Å². The first-order chi connectivity index (χ1) is 8.70. The van der Waals surface area contributed by atoms with E-state index in [1.54, 1.807) is 11.8 Å². The number of carboxylic acid groups (broad SMARTS) is 1. The van der Waals surface area contributed by atoms with Crippen LogP contribution in [-0.4, -0.2) is 37.5 Å². The van der Waals surface area contributed by atoms with E-state index >= 15 is 0 Å². The zero-order chi connectivity index (χ0) is 13.0. The summed E-state index contributed by atoms with van der Waals surface area (Å²) >= 11 is 1.66. The molecule has 6 nitrogen and oxygen atoms in total. The number of rotatable bonds is 5. The molecule has 0 amide bonds. The van der Waals surface area contributed by atoms with Crippen molar-refractivity contribution in [3.05, 3.63) is 24.3 Å². The molecule has 0 aliphatic carbocycles. The number of carboxylic acids is 1. The van der Waals surface area contributed by atoms with Crippen LogP contribution in [0.5, 0.6) is 0 Å². The van der Waals surface area contributed by atoms with Gasteiger partial charge in [-0.2, -0.15) is 0 Å². The quantitative estimate of drug-likeness (QED) is 0.825. The third-order valence-corrected chi connectivity index (χ3v) is 3.16. The third-order valence-electron chi connectivity index (χ3n) is 2.42. The lowest BCUT2D eigenvalue weighted by Gasteiger charge is -2.03. The normalized spacial score (nSPS) is 10.5. The Bertz CT molecular complexity index is 538. The Morgan fingerprint density at radius 3 is 2.72 bits per heavy atom. The molecule has 0 radical (unpaired) electrons. The first-order valence-corrected chi connectivity index (χ1v) is 6.55. The Morgan fingerprint density at radius 2 is 2.11 bits per heavy atom. The van der Waals surface area contributed by atoms with Crippen LogP contribution in [0, 0.1) is 0 Å². The van der Waals surface area contributed by atoms with Crippen LogP contribution in [0.2, 0.25) is 0 Å². The fraction of sp³-hybridized carbons (Fsp3) is 0.273. The number of hydrogen-bond donors (Lipinski definition) is 1. The highest BCUT2D eigenvalue weighted by atomic mass is 32.2. The Hall–Kier alpha value is -1.89. The fourth-order valence-corrected chi connectivity index (χ4v) is 1.91. The van der Waals surface area contributed by atoms with Crippen LogP contribution < -0.4 is 0 Å². The van der Waals surface area contributed by atoms with E-state index in [1.807, 2.05) is 30.5 Å². The summed E-state index contributed by atoms with van der Waals surface area (Å²) in [5, 5.41) is 20.0. The number of carbonyl (C=O) groups is 1. The second-order valence-electron chi connectivity index (χ2n) is 3.60. The lowest BCUT2D eigenvalue weighted by atomic mass is 10.2. The molecule has 0 aliphatic heterocycles. The molecule has 0 aliphatic rings. The molecule has 0 fully saturated rings. The minimum absolute atomic E-state index is 0.000928. The summed E-state index contributed by atoms with van der Waals surface area (Å²) in [4.78, 5) is 11.7. The van der Waals surface area contributed by atoms with E-state index in [1.165, 1.54) is 4.68 Å². The molecule has 1 aromatic heterocycles. The topological polar surface area (TPSA) is 80.9 Å². The van der Waals surface area contributed by atoms with Crippen LogP contribution in [0.1, 0.15) is 6.42 Å². The second kappa shape index (κ2) is 5.63. The van der Waals surface area contributed by atoms with Gasteiger partial charge in [-0.1, -0.05) is 12.1 Å². The van der Waals surface area contributed by atoms with Crippen LogP contribution in [-0.2, 0) is 11.3 Å². The van der Waals surface area contributed by atoms with Gasteiger partial charge in [0, 0.05) is 10.5 Å². The Labute approximate surface area is 108 Å². The third kappa shape index (κ3) is 2.86. The summed E-state index contributed by atoms with van der Waals surface area (Å²) in [5.41, 5.74) is 0.878. The molecule has 0 saturated heterocycles. The molecule has 0 spiro atoms. The highest BCUT2D eigenvalue weighted by molar-refractivity contribution is 7.98. The number of aliphatic carboxylic acids is 1. The first-order valence-electron chi connectivity index (χ1n) is 5.33. The number of benzene rings is 1. The lowest BCUT2D eigenvalue weighted by molar-refractivity contribution is -0.137. The van der Waals surface area contributed by atoms with Crippen molar-refractivity contribution < 1.29 is 9.90 Å². The highest BCUT2D eigenvalue weighted by Crippen LogP contribution is 2.20. The number of aryl methyl sites for hydroxylation is 1. The van der Waals surface area contributed by atoms with E-state index in [2.05, 4.69) is 15.5 Å². The van der Waals surface area contributed by atoms with Gasteiger partial charge in [0.05, 0.1) is 13.0 Å². The van der Waals surface area contributed by atoms with Crippen LogP contribution in [0.25, 0.3) is 11.4 Å². The molecule has 0 bridgehead atoms. The maximum atomic E-state index is 10.5. The van der Waals surface area contributed by atoms with Gasteiger partial charge >= 0.3 is 5.97 Å². The molecule has 2 rings (SSSR count). The van der Waals surface area contributed by atoms with Crippen molar-refractivity contribution in [2.45, 2.75) is 17.9 Å². The predicted octanol–water partition coefficient (Wildman–Crippen LogP) is 1.54. The zero-order valence-electron chi connectivity index (χ0n) is 9.78. The molecule has 0 atom stereocenters. The number of thioether (sulfide) groups is 1. The lowest BCUT2D eigenvalue weighted by Crippen LogP contribution is -2.07. The van der Waals surface area contributed by atoms with Gasteiger partial charge in [-0.05, 0) is 28.8 Å². The summed E-state index contributed by atoms with van der Waals surface area (Å²) in [7, 11) is 0. The van der Waals surface area contributed by atoms with Gasteiger partial charge in [0.2, 0.25) is 0 Å². The fourth-order valence-electron chi connectivity index (χ4n) is 1.50. The molecule has 1 aromatic carbocycles. The van der Waals surface area contributed by atoms with Gasteiger partial charge in [-0.15, -0.1) is 16.9 Å². The van der Waals surface area contributed by atoms with Gasteiger partial charge in [-0.25, -0.2) is 4.68 Å². The highest BCUT2D eigenvalue weighted by Gasteiger charge is 2.09. The maximum Gasteiger partial charge on any atom is 0.305 e. The number of aromatic nitrogens is 4.